The van der Waals surface area contributed by atoms with E-state index in [2.05, 4.69) is 65.6 Å². The second-order valence-corrected chi connectivity index (χ2v) is 4.60. The van der Waals surface area contributed by atoms with E-state index in [1.54, 1.807) is 0 Å². The number of hydrogen-bond donors (Lipinski definition) is 0. The molecule has 3 rings (SSSR count). The van der Waals surface area contributed by atoms with Crippen LogP contribution in [0, 0.1) is 0 Å². The van der Waals surface area contributed by atoms with Gasteiger partial charge in [0.1, 0.15) is 0 Å². The Balaban J connectivity index is 1.89. The highest BCUT2D eigenvalue weighted by atomic mass is 14.6. The molecule has 0 radical (unpaired) electrons. The molecule has 1 heteroatoms. The normalized spacial score (nSPS) is 10.3. The highest BCUT2D eigenvalue weighted by Gasteiger charge is 2.00. The fourth-order valence-corrected chi connectivity index (χ4v) is 2.23. The third kappa shape index (κ3) is 2.89. The summed E-state index contributed by atoms with van der Waals surface area (Å²) in [5, 5.41) is 0. The molecule has 0 unspecified atom stereocenters. The molecule has 0 fully saturated rings. The predicted molar refractivity (Wildman–Crippen MR) is 78.9 cm³/mol. The zero-order valence-electron chi connectivity index (χ0n) is 10.7. The van der Waals surface area contributed by atoms with Crippen molar-refractivity contribution in [2.75, 3.05) is 0 Å². The van der Waals surface area contributed by atoms with Crippen molar-refractivity contribution in [1.82, 2.24) is 4.98 Å². The zero-order chi connectivity index (χ0) is 12.9. The van der Waals surface area contributed by atoms with Crippen LogP contribution in [0.1, 0.15) is 11.1 Å². The minimum Gasteiger partial charge on any atom is -0.265 e. The first-order chi connectivity index (χ1) is 9.42. The molecule has 0 saturated carbocycles. The smallest absolute Gasteiger partial charge is 0.0270 e. The molecule has 0 amide bonds. The standard InChI is InChI=1S/C18H15N/c1-2-6-17(7-3-1)18-8-4-5-16(14-18)13-15-9-11-19-12-10-15/h1-12,14H,13H2. The van der Waals surface area contributed by atoms with Crippen molar-refractivity contribution in [3.05, 3.63) is 90.3 Å². The summed E-state index contributed by atoms with van der Waals surface area (Å²) in [6.45, 7) is 0. The molecule has 1 nitrogen and oxygen atoms in total. The van der Waals surface area contributed by atoms with Crippen LogP contribution in [0.15, 0.2) is 79.1 Å². The van der Waals surface area contributed by atoms with Crippen molar-refractivity contribution in [3.8, 4) is 11.1 Å². The van der Waals surface area contributed by atoms with Gasteiger partial charge in [-0.25, -0.2) is 0 Å². The summed E-state index contributed by atoms with van der Waals surface area (Å²) in [7, 11) is 0. The maximum atomic E-state index is 4.05. The number of benzene rings is 2. The van der Waals surface area contributed by atoms with Crippen molar-refractivity contribution < 1.29 is 0 Å². The maximum Gasteiger partial charge on any atom is 0.0270 e. The molecule has 0 aliphatic carbocycles. The van der Waals surface area contributed by atoms with E-state index in [0.29, 0.717) is 0 Å². The molecule has 0 aliphatic heterocycles. The van der Waals surface area contributed by atoms with Gasteiger partial charge in [-0.3, -0.25) is 4.98 Å². The quantitative estimate of drug-likeness (QED) is 0.669. The van der Waals surface area contributed by atoms with Gasteiger partial charge in [0.25, 0.3) is 0 Å². The summed E-state index contributed by atoms with van der Waals surface area (Å²) >= 11 is 0. The highest BCUT2D eigenvalue weighted by molar-refractivity contribution is 5.64. The van der Waals surface area contributed by atoms with Gasteiger partial charge >= 0.3 is 0 Å². The Bertz CT molecular complexity index is 645. The van der Waals surface area contributed by atoms with E-state index in [1.807, 2.05) is 18.5 Å². The molecule has 1 heterocycles. The first-order valence-electron chi connectivity index (χ1n) is 6.45. The first kappa shape index (κ1) is 11.7. The molecule has 19 heavy (non-hydrogen) atoms. The van der Waals surface area contributed by atoms with E-state index in [-0.39, 0.29) is 0 Å². The Morgan fingerprint density at radius 2 is 1.37 bits per heavy atom. The van der Waals surface area contributed by atoms with Crippen LogP contribution in [0.4, 0.5) is 0 Å². The van der Waals surface area contributed by atoms with E-state index >= 15 is 0 Å². The van der Waals surface area contributed by atoms with Gasteiger partial charge in [-0.1, -0.05) is 54.6 Å². The fourth-order valence-electron chi connectivity index (χ4n) is 2.23. The number of hydrogen-bond acceptors (Lipinski definition) is 1. The SMILES string of the molecule is c1ccc(-c2cccc(Cc3ccncc3)c2)cc1. The van der Waals surface area contributed by atoms with Gasteiger partial charge in [0.15, 0.2) is 0 Å². The van der Waals surface area contributed by atoms with Gasteiger partial charge in [-0.05, 0) is 40.8 Å². The summed E-state index contributed by atoms with van der Waals surface area (Å²) < 4.78 is 0. The van der Waals surface area contributed by atoms with Crippen molar-refractivity contribution in [3.63, 3.8) is 0 Å². The molecule has 0 spiro atoms. The van der Waals surface area contributed by atoms with Gasteiger partial charge in [0.05, 0.1) is 0 Å². The summed E-state index contributed by atoms with van der Waals surface area (Å²) in [4.78, 5) is 4.05. The Hall–Kier alpha value is -2.41. The topological polar surface area (TPSA) is 12.9 Å². The molecule has 1 aromatic heterocycles. The van der Waals surface area contributed by atoms with E-state index in [0.717, 1.165) is 6.42 Å². The fraction of sp³-hybridized carbons (Fsp3) is 0.0556. The van der Waals surface area contributed by atoms with Crippen LogP contribution in [0.3, 0.4) is 0 Å². The Morgan fingerprint density at radius 3 is 2.16 bits per heavy atom. The Morgan fingerprint density at radius 1 is 0.632 bits per heavy atom. The lowest BCUT2D eigenvalue weighted by Gasteiger charge is -2.06. The minimum absolute atomic E-state index is 0.948. The Kier molecular flexibility index (Phi) is 3.37. The van der Waals surface area contributed by atoms with Crippen LogP contribution in [0.5, 0.6) is 0 Å². The number of nitrogens with zero attached hydrogens (tertiary/aromatic N) is 1. The summed E-state index contributed by atoms with van der Waals surface area (Å²) in [5.41, 5.74) is 5.15. The average Bonchev–Trinajstić information content (AvgIpc) is 2.49. The summed E-state index contributed by atoms with van der Waals surface area (Å²) in [6.07, 6.45) is 4.63. The van der Waals surface area contributed by atoms with Crippen molar-refractivity contribution in [2.24, 2.45) is 0 Å². The molecule has 0 N–H and O–H groups in total. The van der Waals surface area contributed by atoms with Crippen LogP contribution in [0.2, 0.25) is 0 Å². The molecule has 92 valence electrons. The minimum atomic E-state index is 0.948. The molecular formula is C18H15N. The highest BCUT2D eigenvalue weighted by Crippen LogP contribution is 2.21. The summed E-state index contributed by atoms with van der Waals surface area (Å²) in [6, 6.07) is 23.3. The van der Waals surface area contributed by atoms with E-state index in [9.17, 15) is 0 Å². The van der Waals surface area contributed by atoms with E-state index < -0.39 is 0 Å². The van der Waals surface area contributed by atoms with Gasteiger partial charge < -0.3 is 0 Å². The van der Waals surface area contributed by atoms with E-state index in [4.69, 9.17) is 0 Å². The largest absolute Gasteiger partial charge is 0.265 e. The van der Waals surface area contributed by atoms with E-state index in [1.165, 1.54) is 22.3 Å². The molecule has 0 bridgehead atoms. The van der Waals surface area contributed by atoms with Crippen LogP contribution in [-0.4, -0.2) is 4.98 Å². The molecular weight excluding hydrogens is 230 g/mol. The molecule has 2 aromatic carbocycles. The number of aromatic nitrogens is 1. The maximum absolute atomic E-state index is 4.05. The third-order valence-corrected chi connectivity index (χ3v) is 3.19. The molecule has 0 aliphatic rings. The van der Waals surface area contributed by atoms with Gasteiger partial charge in [-0.15, -0.1) is 0 Å². The van der Waals surface area contributed by atoms with Crippen molar-refractivity contribution in [2.45, 2.75) is 6.42 Å². The summed E-state index contributed by atoms with van der Waals surface area (Å²) in [5.74, 6) is 0. The second kappa shape index (κ2) is 5.49. The molecule has 0 saturated heterocycles. The average molecular weight is 245 g/mol. The van der Waals surface area contributed by atoms with Crippen molar-refractivity contribution >= 4 is 0 Å². The van der Waals surface area contributed by atoms with Gasteiger partial charge in [0, 0.05) is 12.4 Å². The predicted octanol–water partition coefficient (Wildman–Crippen LogP) is 4.34. The van der Waals surface area contributed by atoms with Crippen LogP contribution < -0.4 is 0 Å². The number of rotatable bonds is 3. The Labute approximate surface area is 113 Å². The lowest BCUT2D eigenvalue weighted by Crippen LogP contribution is -1.89. The van der Waals surface area contributed by atoms with Crippen LogP contribution in [0.25, 0.3) is 11.1 Å². The van der Waals surface area contributed by atoms with Crippen LogP contribution >= 0.6 is 0 Å². The lowest BCUT2D eigenvalue weighted by atomic mass is 10.00. The second-order valence-electron chi connectivity index (χ2n) is 4.60. The lowest BCUT2D eigenvalue weighted by molar-refractivity contribution is 1.16. The monoisotopic (exact) mass is 245 g/mol. The van der Waals surface area contributed by atoms with Gasteiger partial charge in [-0.2, -0.15) is 0 Å². The van der Waals surface area contributed by atoms with Gasteiger partial charge in [0.2, 0.25) is 0 Å². The van der Waals surface area contributed by atoms with Crippen molar-refractivity contribution in [1.29, 1.82) is 0 Å². The number of pyridine rings is 1. The molecule has 3 aromatic rings. The molecule has 0 atom stereocenters. The van der Waals surface area contributed by atoms with Crippen LogP contribution in [-0.2, 0) is 6.42 Å². The third-order valence-electron chi connectivity index (χ3n) is 3.19. The first-order valence-corrected chi connectivity index (χ1v) is 6.45. The zero-order valence-corrected chi connectivity index (χ0v) is 10.7.